The van der Waals surface area contributed by atoms with Crippen molar-refractivity contribution in [3.05, 3.63) is 40.4 Å². The summed E-state index contributed by atoms with van der Waals surface area (Å²) in [5, 5.41) is 8.68. The molecule has 11 heavy (non-hydrogen) atoms. The van der Waals surface area contributed by atoms with Crippen molar-refractivity contribution in [1.29, 1.82) is 0 Å². The molecule has 59 valence electrons. The van der Waals surface area contributed by atoms with Gasteiger partial charge in [-0.2, -0.15) is 0 Å². The van der Waals surface area contributed by atoms with Crippen LogP contribution in [-0.4, -0.2) is 5.11 Å². The number of hydrogen-bond acceptors (Lipinski definition) is 1. The first-order valence-electron chi connectivity index (χ1n) is 3.53. The van der Waals surface area contributed by atoms with E-state index in [0.29, 0.717) is 0 Å². The van der Waals surface area contributed by atoms with E-state index < -0.39 is 0 Å². The van der Waals surface area contributed by atoms with Crippen LogP contribution in [0.1, 0.15) is 18.1 Å². The summed E-state index contributed by atoms with van der Waals surface area (Å²) in [6, 6.07) is 5.80. The Morgan fingerprint density at radius 1 is 1.55 bits per heavy atom. The van der Waals surface area contributed by atoms with Gasteiger partial charge in [0.25, 0.3) is 0 Å². The molecule has 1 N–H and O–H groups in total. The van der Waals surface area contributed by atoms with Crippen molar-refractivity contribution in [1.82, 2.24) is 0 Å². The van der Waals surface area contributed by atoms with E-state index in [1.807, 2.05) is 18.2 Å². The predicted octanol–water partition coefficient (Wildman–Crippen LogP) is 2.89. The average Bonchev–Trinajstić information content (AvgIpc) is 2.04. The summed E-state index contributed by atoms with van der Waals surface area (Å²) in [5.41, 5.74) is 2.09. The minimum absolute atomic E-state index is 0.828. The van der Waals surface area contributed by atoms with Gasteiger partial charge in [-0.25, -0.2) is 0 Å². The van der Waals surface area contributed by atoms with Crippen molar-refractivity contribution in [2.45, 2.75) is 13.3 Å². The van der Waals surface area contributed by atoms with Crippen molar-refractivity contribution in [2.75, 3.05) is 0 Å². The Morgan fingerprint density at radius 3 is 2.73 bits per heavy atom. The van der Waals surface area contributed by atoms with E-state index in [-0.39, 0.29) is 0 Å². The topological polar surface area (TPSA) is 20.2 Å². The largest absolute Gasteiger partial charge is 0.385 e. The number of rotatable bonds is 2. The molecule has 1 nitrogen and oxygen atoms in total. The van der Waals surface area contributed by atoms with Crippen LogP contribution in [0.3, 0.4) is 0 Å². The van der Waals surface area contributed by atoms with Crippen LogP contribution in [0.5, 0.6) is 0 Å². The maximum Gasteiger partial charge on any atom is 0.109 e. The van der Waals surface area contributed by atoms with Crippen LogP contribution >= 0.6 is 15.9 Å². The van der Waals surface area contributed by atoms with E-state index in [4.69, 9.17) is 5.11 Å². The van der Waals surface area contributed by atoms with Crippen LogP contribution in [0.2, 0.25) is 0 Å². The highest BCUT2D eigenvalue weighted by Crippen LogP contribution is 2.19. The third kappa shape index (κ3) is 2.04. The van der Waals surface area contributed by atoms with Crippen molar-refractivity contribution in [3.8, 4) is 0 Å². The molecule has 2 heteroatoms. The van der Waals surface area contributed by atoms with Gasteiger partial charge in [0, 0.05) is 4.47 Å². The lowest BCUT2D eigenvalue weighted by molar-refractivity contribution is 0.415. The number of benzene rings is 1. The molecule has 0 aliphatic rings. The molecule has 0 unspecified atom stereocenters. The summed E-state index contributed by atoms with van der Waals surface area (Å²) in [5.74, 6) is 0. The molecule has 1 aromatic carbocycles. The summed E-state index contributed by atoms with van der Waals surface area (Å²) in [7, 11) is 0. The normalized spacial score (nSPS) is 10.1. The van der Waals surface area contributed by atoms with Crippen LogP contribution in [0.25, 0.3) is 0 Å². The van der Waals surface area contributed by atoms with E-state index in [1.54, 1.807) is 0 Å². The number of aliphatic hydroxyl groups is 1. The lowest BCUT2D eigenvalue weighted by atomic mass is 10.1. The maximum absolute atomic E-state index is 8.68. The molecule has 0 aromatic heterocycles. The summed E-state index contributed by atoms with van der Waals surface area (Å²) < 4.78 is 1.06. The number of hydrogen-bond donors (Lipinski definition) is 1. The van der Waals surface area contributed by atoms with E-state index >= 15 is 0 Å². The van der Waals surface area contributed by atoms with Gasteiger partial charge in [-0.3, -0.25) is 0 Å². The minimum atomic E-state index is 0.828. The highest BCUT2D eigenvalue weighted by Gasteiger charge is 1.97. The van der Waals surface area contributed by atoms with Crippen molar-refractivity contribution >= 4 is 15.9 Å². The first-order chi connectivity index (χ1) is 5.27. The zero-order valence-electron chi connectivity index (χ0n) is 6.34. The molecule has 0 heterocycles. The van der Waals surface area contributed by atoms with E-state index in [9.17, 15) is 0 Å². The Labute approximate surface area is 75.2 Å². The predicted molar refractivity (Wildman–Crippen MR) is 48.9 cm³/mol. The first kappa shape index (κ1) is 8.75. The fourth-order valence-electron chi connectivity index (χ4n) is 0.931. The summed E-state index contributed by atoms with van der Waals surface area (Å²) >= 11 is 3.42. The smallest absolute Gasteiger partial charge is 0.109 e. The quantitative estimate of drug-likeness (QED) is 0.802. The molecule has 0 spiro atoms. The van der Waals surface area contributed by atoms with Gasteiger partial charge in [0.05, 0.1) is 0 Å². The van der Waals surface area contributed by atoms with Crippen molar-refractivity contribution in [3.63, 3.8) is 0 Å². The molecule has 0 saturated heterocycles. The number of halogens is 1. The lowest BCUT2D eigenvalue weighted by Gasteiger charge is -2.01. The Kier molecular flexibility index (Phi) is 3.09. The number of aryl methyl sites for hydroxylation is 1. The average molecular weight is 214 g/mol. The number of aliphatic hydroxyl groups excluding tert-OH is 1. The van der Waals surface area contributed by atoms with Crippen molar-refractivity contribution < 1.29 is 5.11 Å². The van der Waals surface area contributed by atoms with Crippen LogP contribution in [0, 0.1) is 6.61 Å². The molecular weight excluding hydrogens is 204 g/mol. The lowest BCUT2D eigenvalue weighted by Crippen LogP contribution is -1.85. The Hall–Kier alpha value is -0.340. The fourth-order valence-corrected chi connectivity index (χ4v) is 1.61. The van der Waals surface area contributed by atoms with Crippen LogP contribution in [0.15, 0.2) is 22.7 Å². The Balaban J connectivity index is 2.99. The third-order valence-corrected chi connectivity index (χ3v) is 2.35. The van der Waals surface area contributed by atoms with E-state index in [1.165, 1.54) is 5.56 Å². The molecule has 1 rings (SSSR count). The van der Waals surface area contributed by atoms with Gasteiger partial charge in [0.15, 0.2) is 0 Å². The molecule has 0 amide bonds. The van der Waals surface area contributed by atoms with E-state index in [2.05, 4.69) is 22.9 Å². The fraction of sp³-hybridized carbons (Fsp3) is 0.222. The SMILES string of the molecule is CCc1ccc([CH]O)cc1Br. The van der Waals surface area contributed by atoms with Crippen LogP contribution < -0.4 is 0 Å². The second-order valence-electron chi connectivity index (χ2n) is 2.33. The van der Waals surface area contributed by atoms with Gasteiger partial charge in [-0.15, -0.1) is 0 Å². The first-order valence-corrected chi connectivity index (χ1v) is 4.33. The molecule has 0 atom stereocenters. The molecule has 0 aliphatic carbocycles. The highest BCUT2D eigenvalue weighted by molar-refractivity contribution is 9.10. The molecule has 0 aliphatic heterocycles. The van der Waals surface area contributed by atoms with Gasteiger partial charge in [0.1, 0.15) is 6.61 Å². The van der Waals surface area contributed by atoms with Crippen molar-refractivity contribution in [2.24, 2.45) is 0 Å². The standard InChI is InChI=1S/C9H10BrO/c1-2-8-4-3-7(6-11)5-9(8)10/h3-6,11H,2H2,1H3. The van der Waals surface area contributed by atoms with Crippen LogP contribution in [0.4, 0.5) is 0 Å². The molecular formula is C9H10BrO. The molecule has 0 saturated carbocycles. The third-order valence-electron chi connectivity index (χ3n) is 1.61. The van der Waals surface area contributed by atoms with Gasteiger partial charge in [0.2, 0.25) is 0 Å². The van der Waals surface area contributed by atoms with Gasteiger partial charge in [-0.1, -0.05) is 35.0 Å². The summed E-state index contributed by atoms with van der Waals surface area (Å²) in [6.07, 6.45) is 1.01. The van der Waals surface area contributed by atoms with Gasteiger partial charge >= 0.3 is 0 Å². The monoisotopic (exact) mass is 213 g/mol. The second kappa shape index (κ2) is 3.88. The maximum atomic E-state index is 8.68. The van der Waals surface area contributed by atoms with Crippen LogP contribution in [-0.2, 0) is 6.42 Å². The molecule has 1 radical (unpaired) electrons. The van der Waals surface area contributed by atoms with E-state index in [0.717, 1.165) is 23.1 Å². The summed E-state index contributed by atoms with van der Waals surface area (Å²) in [4.78, 5) is 0. The zero-order chi connectivity index (χ0) is 8.27. The second-order valence-corrected chi connectivity index (χ2v) is 3.19. The molecule has 1 aromatic rings. The van der Waals surface area contributed by atoms with Gasteiger partial charge in [-0.05, 0) is 23.6 Å². The zero-order valence-corrected chi connectivity index (χ0v) is 7.93. The summed E-state index contributed by atoms with van der Waals surface area (Å²) in [6.45, 7) is 3.20. The molecule has 0 fully saturated rings. The Bertz CT molecular complexity index is 245. The van der Waals surface area contributed by atoms with Gasteiger partial charge < -0.3 is 5.11 Å². The highest BCUT2D eigenvalue weighted by atomic mass is 79.9. The Morgan fingerprint density at radius 2 is 2.27 bits per heavy atom. The minimum Gasteiger partial charge on any atom is -0.385 e. The molecule has 0 bridgehead atoms.